The van der Waals surface area contributed by atoms with Crippen LogP contribution in [0.25, 0.3) is 10.9 Å². The van der Waals surface area contributed by atoms with Gasteiger partial charge in [0.1, 0.15) is 0 Å². The van der Waals surface area contributed by atoms with Crippen LogP contribution in [0.2, 0.25) is 0 Å². The van der Waals surface area contributed by atoms with Crippen molar-refractivity contribution in [3.05, 3.63) is 35.5 Å². The molecule has 21 heavy (non-hydrogen) atoms. The summed E-state index contributed by atoms with van der Waals surface area (Å²) >= 11 is 0. The standard InChI is InChI=1S/C19H26N2/c1-2-3-4-5-6-7-12-18-19-16(13-14-20-18)15-10-8-9-11-17(15)21-19/h8-11,21H,2-7,12-14H2,1H3. The maximum Gasteiger partial charge on any atom is 0.0638 e. The van der Waals surface area contributed by atoms with Gasteiger partial charge in [-0.05, 0) is 30.9 Å². The molecule has 0 radical (unpaired) electrons. The summed E-state index contributed by atoms with van der Waals surface area (Å²) in [6, 6.07) is 8.65. The van der Waals surface area contributed by atoms with E-state index in [1.807, 2.05) is 0 Å². The van der Waals surface area contributed by atoms with E-state index < -0.39 is 0 Å². The van der Waals surface area contributed by atoms with E-state index in [1.165, 1.54) is 66.4 Å². The molecular formula is C19H26N2. The Balaban J connectivity index is 1.64. The first kappa shape index (κ1) is 14.4. The van der Waals surface area contributed by atoms with Crippen molar-refractivity contribution in [2.24, 2.45) is 4.99 Å². The maximum atomic E-state index is 4.79. The number of aromatic amines is 1. The highest BCUT2D eigenvalue weighted by Gasteiger charge is 2.18. The van der Waals surface area contributed by atoms with E-state index in [4.69, 9.17) is 4.99 Å². The fraction of sp³-hybridized carbons (Fsp3) is 0.526. The van der Waals surface area contributed by atoms with Gasteiger partial charge in [0.25, 0.3) is 0 Å². The van der Waals surface area contributed by atoms with Gasteiger partial charge < -0.3 is 4.98 Å². The third kappa shape index (κ3) is 3.20. The van der Waals surface area contributed by atoms with Gasteiger partial charge >= 0.3 is 0 Å². The summed E-state index contributed by atoms with van der Waals surface area (Å²) in [7, 11) is 0. The number of fused-ring (bicyclic) bond motifs is 3. The van der Waals surface area contributed by atoms with Gasteiger partial charge in [-0.2, -0.15) is 0 Å². The van der Waals surface area contributed by atoms with Crippen molar-refractivity contribution in [2.45, 2.75) is 58.3 Å². The van der Waals surface area contributed by atoms with E-state index in [2.05, 4.69) is 36.2 Å². The summed E-state index contributed by atoms with van der Waals surface area (Å²) < 4.78 is 0. The van der Waals surface area contributed by atoms with Gasteiger partial charge in [-0.25, -0.2) is 0 Å². The first-order valence-electron chi connectivity index (χ1n) is 8.53. The summed E-state index contributed by atoms with van der Waals surface area (Å²) in [4.78, 5) is 8.38. The average molecular weight is 282 g/mol. The summed E-state index contributed by atoms with van der Waals surface area (Å²) in [6.45, 7) is 3.23. The minimum atomic E-state index is 0.958. The normalized spacial score (nSPS) is 14.2. The van der Waals surface area contributed by atoms with Gasteiger partial charge in [0.05, 0.1) is 11.4 Å². The Kier molecular flexibility index (Phi) is 4.74. The molecule has 0 amide bonds. The molecule has 0 atom stereocenters. The lowest BCUT2D eigenvalue weighted by Crippen LogP contribution is -2.12. The topological polar surface area (TPSA) is 28.1 Å². The van der Waals surface area contributed by atoms with Crippen molar-refractivity contribution >= 4 is 16.6 Å². The van der Waals surface area contributed by atoms with Crippen molar-refractivity contribution in [2.75, 3.05) is 6.54 Å². The molecule has 1 aliphatic heterocycles. The van der Waals surface area contributed by atoms with Gasteiger partial charge in [-0.1, -0.05) is 57.2 Å². The number of H-pyrrole nitrogens is 1. The second-order valence-corrected chi connectivity index (χ2v) is 6.12. The van der Waals surface area contributed by atoms with Gasteiger partial charge in [0, 0.05) is 17.4 Å². The predicted molar refractivity (Wildman–Crippen MR) is 91.4 cm³/mol. The molecule has 2 nitrogen and oxygen atoms in total. The number of hydrogen-bond acceptors (Lipinski definition) is 1. The van der Waals surface area contributed by atoms with Crippen LogP contribution in [0, 0.1) is 0 Å². The zero-order chi connectivity index (χ0) is 14.5. The Morgan fingerprint density at radius 3 is 2.76 bits per heavy atom. The summed E-state index contributed by atoms with van der Waals surface area (Å²) in [5, 5.41) is 1.39. The molecule has 1 aromatic heterocycles. The highest BCUT2D eigenvalue weighted by molar-refractivity contribution is 6.06. The summed E-state index contributed by atoms with van der Waals surface area (Å²) in [5.41, 5.74) is 5.38. The number of hydrogen-bond donors (Lipinski definition) is 1. The second kappa shape index (κ2) is 6.93. The van der Waals surface area contributed by atoms with E-state index in [0.29, 0.717) is 0 Å². The Morgan fingerprint density at radius 1 is 1.05 bits per heavy atom. The highest BCUT2D eigenvalue weighted by atomic mass is 14.8. The third-order valence-corrected chi connectivity index (χ3v) is 4.53. The van der Waals surface area contributed by atoms with Gasteiger partial charge in [0.2, 0.25) is 0 Å². The van der Waals surface area contributed by atoms with Crippen molar-refractivity contribution in [1.82, 2.24) is 4.98 Å². The van der Waals surface area contributed by atoms with Crippen LogP contribution in [-0.2, 0) is 6.42 Å². The first-order chi connectivity index (χ1) is 10.4. The Hall–Kier alpha value is -1.57. The molecule has 1 aliphatic rings. The minimum Gasteiger partial charge on any atom is -0.353 e. The fourth-order valence-electron chi connectivity index (χ4n) is 3.36. The zero-order valence-electron chi connectivity index (χ0n) is 13.1. The lowest BCUT2D eigenvalue weighted by Gasteiger charge is -2.13. The average Bonchev–Trinajstić information content (AvgIpc) is 2.90. The van der Waals surface area contributed by atoms with Crippen molar-refractivity contribution < 1.29 is 0 Å². The molecule has 2 aromatic rings. The summed E-state index contributed by atoms with van der Waals surface area (Å²) in [5.74, 6) is 0. The number of para-hydroxylation sites is 1. The molecule has 0 fully saturated rings. The van der Waals surface area contributed by atoms with Crippen LogP contribution >= 0.6 is 0 Å². The molecular weight excluding hydrogens is 256 g/mol. The quantitative estimate of drug-likeness (QED) is 0.671. The maximum absolute atomic E-state index is 4.79. The third-order valence-electron chi connectivity index (χ3n) is 4.53. The van der Waals surface area contributed by atoms with E-state index in [-0.39, 0.29) is 0 Å². The van der Waals surface area contributed by atoms with Crippen LogP contribution < -0.4 is 0 Å². The second-order valence-electron chi connectivity index (χ2n) is 6.12. The molecule has 2 heteroatoms. The number of nitrogens with one attached hydrogen (secondary N) is 1. The largest absolute Gasteiger partial charge is 0.353 e. The number of aliphatic imine (C=N–C) groups is 1. The van der Waals surface area contributed by atoms with Crippen molar-refractivity contribution in [1.29, 1.82) is 0 Å². The molecule has 0 unspecified atom stereocenters. The molecule has 0 saturated heterocycles. The molecule has 0 spiro atoms. The Labute approximate surface area is 127 Å². The van der Waals surface area contributed by atoms with Crippen LogP contribution in [-0.4, -0.2) is 17.2 Å². The molecule has 0 aliphatic carbocycles. The minimum absolute atomic E-state index is 0.958. The molecule has 1 N–H and O–H groups in total. The number of rotatable bonds is 7. The smallest absolute Gasteiger partial charge is 0.0638 e. The molecule has 112 valence electrons. The van der Waals surface area contributed by atoms with Crippen molar-refractivity contribution in [3.8, 4) is 0 Å². The highest BCUT2D eigenvalue weighted by Crippen LogP contribution is 2.27. The molecule has 3 rings (SSSR count). The van der Waals surface area contributed by atoms with Crippen LogP contribution in [0.3, 0.4) is 0 Å². The monoisotopic (exact) mass is 282 g/mol. The van der Waals surface area contributed by atoms with Crippen LogP contribution in [0.15, 0.2) is 29.3 Å². The fourth-order valence-corrected chi connectivity index (χ4v) is 3.36. The number of aromatic nitrogens is 1. The van der Waals surface area contributed by atoms with Crippen LogP contribution in [0.1, 0.15) is 63.1 Å². The lowest BCUT2D eigenvalue weighted by atomic mass is 9.98. The van der Waals surface area contributed by atoms with E-state index >= 15 is 0 Å². The van der Waals surface area contributed by atoms with Crippen LogP contribution in [0.4, 0.5) is 0 Å². The number of unbranched alkanes of at least 4 members (excludes halogenated alkanes) is 5. The Bertz CT molecular complexity index is 622. The first-order valence-corrected chi connectivity index (χ1v) is 8.53. The van der Waals surface area contributed by atoms with E-state index in [9.17, 15) is 0 Å². The van der Waals surface area contributed by atoms with Crippen molar-refractivity contribution in [3.63, 3.8) is 0 Å². The molecule has 1 aromatic carbocycles. The lowest BCUT2D eigenvalue weighted by molar-refractivity contribution is 0.615. The van der Waals surface area contributed by atoms with Gasteiger partial charge in [0.15, 0.2) is 0 Å². The van der Waals surface area contributed by atoms with E-state index in [1.54, 1.807) is 0 Å². The Morgan fingerprint density at radius 2 is 1.86 bits per heavy atom. The van der Waals surface area contributed by atoms with Crippen LogP contribution in [0.5, 0.6) is 0 Å². The zero-order valence-corrected chi connectivity index (χ0v) is 13.1. The van der Waals surface area contributed by atoms with Gasteiger partial charge in [-0.3, -0.25) is 4.99 Å². The molecule has 0 bridgehead atoms. The predicted octanol–water partition coefficient (Wildman–Crippen LogP) is 5.26. The van der Waals surface area contributed by atoms with E-state index in [0.717, 1.165) is 19.4 Å². The summed E-state index contributed by atoms with van der Waals surface area (Å²) in [6.07, 6.45) is 10.3. The van der Waals surface area contributed by atoms with Gasteiger partial charge in [-0.15, -0.1) is 0 Å². The molecule has 0 saturated carbocycles. The number of benzene rings is 1. The SMILES string of the molecule is CCCCCCCCC1=NCCc2c1[nH]c1ccccc21. The number of nitrogens with zero attached hydrogens (tertiary/aromatic N) is 1. The molecule has 2 heterocycles.